The number of aryl methyl sites for hydroxylation is 3. The maximum Gasteiger partial charge on any atom is 0.200 e. The van der Waals surface area contributed by atoms with Crippen LogP contribution in [0.5, 0.6) is 5.75 Å². The van der Waals surface area contributed by atoms with Gasteiger partial charge >= 0.3 is 0 Å². The fourth-order valence-corrected chi connectivity index (χ4v) is 2.96. The van der Waals surface area contributed by atoms with E-state index in [0.717, 1.165) is 24.0 Å². The van der Waals surface area contributed by atoms with Crippen LogP contribution in [0.25, 0.3) is 0 Å². The zero-order valence-electron chi connectivity index (χ0n) is 12.7. The Bertz CT molecular complexity index is 707. The van der Waals surface area contributed by atoms with Gasteiger partial charge in [-0.1, -0.05) is 23.7 Å². The monoisotopic (exact) mass is 314 g/mol. The van der Waals surface area contributed by atoms with Crippen molar-refractivity contribution in [2.24, 2.45) is 0 Å². The van der Waals surface area contributed by atoms with Crippen molar-refractivity contribution in [2.75, 3.05) is 6.61 Å². The number of ketones is 1. The Kier molecular flexibility index (Phi) is 4.49. The summed E-state index contributed by atoms with van der Waals surface area (Å²) in [4.78, 5) is 12.3. The molecule has 0 spiro atoms. The third-order valence-electron chi connectivity index (χ3n) is 4.17. The van der Waals surface area contributed by atoms with Gasteiger partial charge in [-0.15, -0.1) is 0 Å². The lowest BCUT2D eigenvalue weighted by Gasteiger charge is -2.16. The fourth-order valence-electron chi connectivity index (χ4n) is 2.85. The van der Waals surface area contributed by atoms with E-state index in [-0.39, 0.29) is 12.4 Å². The Morgan fingerprint density at radius 2 is 1.86 bits per heavy atom. The third-order valence-corrected chi connectivity index (χ3v) is 4.59. The van der Waals surface area contributed by atoms with Crippen LogP contribution in [0.4, 0.5) is 0 Å². The largest absolute Gasteiger partial charge is 0.485 e. The van der Waals surface area contributed by atoms with Gasteiger partial charge in [-0.05, 0) is 73.6 Å². The smallest absolute Gasteiger partial charge is 0.200 e. The minimum absolute atomic E-state index is 0.0148. The molecule has 1 aliphatic carbocycles. The molecule has 0 amide bonds. The molecule has 0 N–H and O–H groups in total. The van der Waals surface area contributed by atoms with Crippen molar-refractivity contribution < 1.29 is 9.53 Å². The van der Waals surface area contributed by atoms with Crippen molar-refractivity contribution in [2.45, 2.75) is 32.6 Å². The van der Waals surface area contributed by atoms with Gasteiger partial charge in [0.05, 0.1) is 0 Å². The van der Waals surface area contributed by atoms with Gasteiger partial charge in [0.15, 0.2) is 12.4 Å². The van der Waals surface area contributed by atoms with E-state index in [1.807, 2.05) is 25.1 Å². The molecule has 2 nitrogen and oxygen atoms in total. The van der Waals surface area contributed by atoms with Crippen LogP contribution >= 0.6 is 11.6 Å². The summed E-state index contributed by atoms with van der Waals surface area (Å²) in [5, 5.41) is 0.702. The van der Waals surface area contributed by atoms with E-state index in [1.54, 1.807) is 12.1 Å². The van der Waals surface area contributed by atoms with E-state index in [4.69, 9.17) is 16.3 Å². The lowest BCUT2D eigenvalue weighted by atomic mass is 9.90. The van der Waals surface area contributed by atoms with Gasteiger partial charge in [0.1, 0.15) is 5.75 Å². The fraction of sp³-hybridized carbons (Fsp3) is 0.316. The van der Waals surface area contributed by atoms with Gasteiger partial charge in [0.2, 0.25) is 0 Å². The first-order valence-electron chi connectivity index (χ1n) is 7.67. The first kappa shape index (κ1) is 15.1. The average molecular weight is 315 g/mol. The predicted octanol–water partition coefficient (Wildman–Crippen LogP) is 4.79. The lowest BCUT2D eigenvalue weighted by molar-refractivity contribution is 0.0921. The normalized spacial score (nSPS) is 13.5. The van der Waals surface area contributed by atoms with E-state index in [1.165, 1.54) is 24.0 Å². The second-order valence-corrected chi connectivity index (χ2v) is 6.22. The highest BCUT2D eigenvalue weighted by molar-refractivity contribution is 6.31. The first-order valence-corrected chi connectivity index (χ1v) is 8.05. The van der Waals surface area contributed by atoms with Crippen LogP contribution < -0.4 is 4.74 Å². The molecule has 3 rings (SSSR count). The molecule has 0 fully saturated rings. The molecule has 0 bridgehead atoms. The molecule has 0 aliphatic heterocycles. The zero-order chi connectivity index (χ0) is 15.5. The van der Waals surface area contributed by atoms with Crippen LogP contribution in [0, 0.1) is 6.92 Å². The summed E-state index contributed by atoms with van der Waals surface area (Å²) in [6.07, 6.45) is 4.67. The Hall–Kier alpha value is -1.80. The molecule has 0 unspecified atom stereocenters. The number of benzene rings is 2. The van der Waals surface area contributed by atoms with E-state index in [2.05, 4.69) is 6.07 Å². The Morgan fingerprint density at radius 3 is 2.64 bits per heavy atom. The summed E-state index contributed by atoms with van der Waals surface area (Å²) < 4.78 is 5.59. The van der Waals surface area contributed by atoms with Gasteiger partial charge in [0.25, 0.3) is 0 Å². The minimum Gasteiger partial charge on any atom is -0.485 e. The quantitative estimate of drug-likeness (QED) is 0.758. The highest BCUT2D eigenvalue weighted by Gasteiger charge is 2.13. The highest BCUT2D eigenvalue weighted by atomic mass is 35.5. The summed E-state index contributed by atoms with van der Waals surface area (Å²) in [5.41, 5.74) is 4.39. The van der Waals surface area contributed by atoms with Crippen LogP contribution in [-0.2, 0) is 12.8 Å². The molecule has 3 heteroatoms. The van der Waals surface area contributed by atoms with Gasteiger partial charge in [-0.3, -0.25) is 4.79 Å². The number of Topliss-reactive ketones (excluding diaryl/α,β-unsaturated/α-hetero) is 1. The van der Waals surface area contributed by atoms with Crippen LogP contribution in [0.3, 0.4) is 0 Å². The Labute approximate surface area is 136 Å². The summed E-state index contributed by atoms with van der Waals surface area (Å²) in [6, 6.07) is 11.5. The molecule has 22 heavy (non-hydrogen) atoms. The first-order chi connectivity index (χ1) is 10.6. The molecule has 114 valence electrons. The van der Waals surface area contributed by atoms with Crippen molar-refractivity contribution in [3.8, 4) is 5.75 Å². The van der Waals surface area contributed by atoms with E-state index in [9.17, 15) is 4.79 Å². The molecule has 0 atom stereocenters. The van der Waals surface area contributed by atoms with E-state index < -0.39 is 0 Å². The summed E-state index contributed by atoms with van der Waals surface area (Å²) in [7, 11) is 0. The number of carbonyl (C=O) groups is 1. The van der Waals surface area contributed by atoms with Gasteiger partial charge in [-0.25, -0.2) is 0 Å². The van der Waals surface area contributed by atoms with Crippen LogP contribution in [0.15, 0.2) is 36.4 Å². The average Bonchev–Trinajstić information content (AvgIpc) is 2.55. The SMILES string of the molecule is Cc1cc(OCC(=O)c2ccc3c(c2)CCCC3)ccc1Cl. The molecule has 2 aromatic carbocycles. The number of carbonyl (C=O) groups excluding carboxylic acids is 1. The summed E-state index contributed by atoms with van der Waals surface area (Å²) >= 11 is 5.98. The molecule has 0 aromatic heterocycles. The second-order valence-electron chi connectivity index (χ2n) is 5.81. The molecule has 1 aliphatic rings. The van der Waals surface area contributed by atoms with Crippen molar-refractivity contribution in [1.29, 1.82) is 0 Å². The molecular formula is C19H19ClO2. The second kappa shape index (κ2) is 6.53. The summed E-state index contributed by atoms with van der Waals surface area (Å²) in [5.74, 6) is 0.689. The lowest BCUT2D eigenvalue weighted by Crippen LogP contribution is -2.13. The molecule has 2 aromatic rings. The number of ether oxygens (including phenoxy) is 1. The number of rotatable bonds is 4. The van der Waals surface area contributed by atoms with Gasteiger partial charge in [-0.2, -0.15) is 0 Å². The van der Waals surface area contributed by atoms with Crippen LogP contribution in [0.2, 0.25) is 5.02 Å². The Morgan fingerprint density at radius 1 is 1.09 bits per heavy atom. The van der Waals surface area contributed by atoms with E-state index >= 15 is 0 Å². The number of fused-ring (bicyclic) bond motifs is 1. The topological polar surface area (TPSA) is 26.3 Å². The number of halogens is 1. The summed E-state index contributed by atoms with van der Waals surface area (Å²) in [6.45, 7) is 1.97. The van der Waals surface area contributed by atoms with Crippen molar-refractivity contribution in [3.05, 3.63) is 63.7 Å². The maximum absolute atomic E-state index is 12.3. The van der Waals surface area contributed by atoms with Crippen LogP contribution in [0.1, 0.15) is 39.9 Å². The standard InChI is InChI=1S/C19H19ClO2/c1-13-10-17(8-9-18(13)20)22-12-19(21)16-7-6-14-4-2-3-5-15(14)11-16/h6-11H,2-5,12H2,1H3. The minimum atomic E-state index is 0.0148. The third kappa shape index (κ3) is 3.33. The van der Waals surface area contributed by atoms with Crippen molar-refractivity contribution >= 4 is 17.4 Å². The van der Waals surface area contributed by atoms with Crippen LogP contribution in [-0.4, -0.2) is 12.4 Å². The Balaban J connectivity index is 1.68. The molecule has 0 saturated heterocycles. The maximum atomic E-state index is 12.3. The molecule has 0 radical (unpaired) electrons. The van der Waals surface area contributed by atoms with Crippen molar-refractivity contribution in [1.82, 2.24) is 0 Å². The number of hydrogen-bond donors (Lipinski definition) is 0. The highest BCUT2D eigenvalue weighted by Crippen LogP contribution is 2.23. The van der Waals surface area contributed by atoms with Crippen molar-refractivity contribution in [3.63, 3.8) is 0 Å². The zero-order valence-corrected chi connectivity index (χ0v) is 13.5. The van der Waals surface area contributed by atoms with E-state index in [0.29, 0.717) is 10.8 Å². The molecular weight excluding hydrogens is 296 g/mol. The molecule has 0 heterocycles. The molecule has 0 saturated carbocycles. The van der Waals surface area contributed by atoms with Gasteiger partial charge < -0.3 is 4.74 Å². The van der Waals surface area contributed by atoms with Gasteiger partial charge in [0, 0.05) is 10.6 Å². The predicted molar refractivity (Wildman–Crippen MR) is 89.1 cm³/mol. The number of hydrogen-bond acceptors (Lipinski definition) is 2.